The highest BCUT2D eigenvalue weighted by Crippen LogP contribution is 2.31. The maximum atomic E-state index is 12.3. The Morgan fingerprint density at radius 1 is 1.33 bits per heavy atom. The molecule has 0 bridgehead atoms. The number of allylic oxidation sites excluding steroid dienone is 1. The Hall–Kier alpha value is -3.05. The number of hydrogen-bond donors (Lipinski definition) is 0. The molecule has 24 heavy (non-hydrogen) atoms. The highest BCUT2D eigenvalue weighted by Gasteiger charge is 2.49. The third-order valence-corrected chi connectivity index (χ3v) is 3.67. The molecule has 1 aromatic carbocycles. The molecule has 0 aromatic heterocycles. The van der Waals surface area contributed by atoms with Crippen molar-refractivity contribution < 1.29 is 14.3 Å². The van der Waals surface area contributed by atoms with Crippen LogP contribution in [0.25, 0.3) is 16.5 Å². The van der Waals surface area contributed by atoms with E-state index >= 15 is 0 Å². The van der Waals surface area contributed by atoms with E-state index < -0.39 is 24.0 Å². The van der Waals surface area contributed by atoms with E-state index in [0.29, 0.717) is 5.57 Å². The predicted molar refractivity (Wildman–Crippen MR) is 89.4 cm³/mol. The van der Waals surface area contributed by atoms with Crippen molar-refractivity contribution in [3.05, 3.63) is 63.7 Å². The molecule has 1 amide bonds. The molecule has 2 rings (SSSR count). The highest BCUT2D eigenvalue weighted by atomic mass is 16.5. The van der Waals surface area contributed by atoms with Crippen molar-refractivity contribution in [3.8, 4) is 0 Å². The van der Waals surface area contributed by atoms with Gasteiger partial charge < -0.3 is 4.74 Å². The van der Waals surface area contributed by atoms with Gasteiger partial charge in [0.1, 0.15) is 11.7 Å². The first-order valence-corrected chi connectivity index (χ1v) is 7.37. The van der Waals surface area contributed by atoms with Crippen molar-refractivity contribution >= 4 is 18.0 Å². The number of ether oxygens (including phenoxy) is 1. The zero-order valence-electron chi connectivity index (χ0n) is 13.7. The smallest absolute Gasteiger partial charge is 0.354 e. The minimum atomic E-state index is -0.867. The molecule has 2 unspecified atom stereocenters. The van der Waals surface area contributed by atoms with E-state index in [-0.39, 0.29) is 5.70 Å². The molecular formula is C17H18N4O3. The van der Waals surface area contributed by atoms with E-state index in [0.717, 1.165) is 5.56 Å². The first-order chi connectivity index (χ1) is 11.5. The number of carbonyl (C=O) groups is 2. The summed E-state index contributed by atoms with van der Waals surface area (Å²) in [5.74, 6) is -1.02. The van der Waals surface area contributed by atoms with Crippen LogP contribution in [0.1, 0.15) is 19.4 Å². The Kier molecular flexibility index (Phi) is 5.39. The number of azide groups is 1. The Morgan fingerprint density at radius 3 is 2.54 bits per heavy atom. The van der Waals surface area contributed by atoms with E-state index in [1.165, 1.54) is 12.0 Å². The second-order valence-corrected chi connectivity index (χ2v) is 5.46. The van der Waals surface area contributed by atoms with Crippen LogP contribution in [0.4, 0.5) is 0 Å². The third-order valence-electron chi connectivity index (χ3n) is 3.67. The maximum Gasteiger partial charge on any atom is 0.354 e. The molecule has 0 saturated carbocycles. The van der Waals surface area contributed by atoms with E-state index in [1.54, 1.807) is 19.9 Å². The van der Waals surface area contributed by atoms with E-state index in [1.807, 2.05) is 36.4 Å². The Balaban J connectivity index is 2.37. The number of esters is 1. The molecule has 1 heterocycles. The predicted octanol–water partition coefficient (Wildman–Crippen LogP) is 3.06. The number of β-lactam (4-membered cyclic amide) rings is 1. The molecule has 1 fully saturated rings. The summed E-state index contributed by atoms with van der Waals surface area (Å²) in [5, 5.41) is 3.55. The van der Waals surface area contributed by atoms with Crippen molar-refractivity contribution in [3.63, 3.8) is 0 Å². The molecule has 0 aliphatic carbocycles. The second kappa shape index (κ2) is 7.48. The Bertz CT molecular complexity index is 744. The van der Waals surface area contributed by atoms with Crippen LogP contribution < -0.4 is 0 Å². The van der Waals surface area contributed by atoms with Gasteiger partial charge in [0, 0.05) is 4.91 Å². The third kappa shape index (κ3) is 3.31. The lowest BCUT2D eigenvalue weighted by atomic mass is 9.92. The van der Waals surface area contributed by atoms with Gasteiger partial charge in [-0.25, -0.2) is 4.79 Å². The largest absolute Gasteiger partial charge is 0.464 e. The number of amides is 1. The fourth-order valence-corrected chi connectivity index (χ4v) is 2.53. The van der Waals surface area contributed by atoms with Gasteiger partial charge in [-0.1, -0.05) is 47.6 Å². The Morgan fingerprint density at radius 2 is 2.00 bits per heavy atom. The zero-order chi connectivity index (χ0) is 17.7. The van der Waals surface area contributed by atoms with E-state index in [9.17, 15) is 9.59 Å². The monoisotopic (exact) mass is 326 g/mol. The molecular weight excluding hydrogens is 308 g/mol. The Labute approximate surface area is 139 Å². The molecule has 2 atom stereocenters. The van der Waals surface area contributed by atoms with Crippen LogP contribution >= 0.6 is 0 Å². The molecule has 0 N–H and O–H groups in total. The van der Waals surface area contributed by atoms with E-state index in [2.05, 4.69) is 10.0 Å². The van der Waals surface area contributed by atoms with Crippen molar-refractivity contribution in [2.45, 2.75) is 25.9 Å². The van der Waals surface area contributed by atoms with Gasteiger partial charge >= 0.3 is 5.97 Å². The summed E-state index contributed by atoms with van der Waals surface area (Å²) >= 11 is 0. The SMILES string of the molecule is COC(=O)C(=C(C)C)N1C(=O)C(N=[N+]=[N-])C1/C=C/c1ccccc1. The summed E-state index contributed by atoms with van der Waals surface area (Å²) in [6, 6.07) is 8.11. The fraction of sp³-hybridized carbons (Fsp3) is 0.294. The zero-order valence-corrected chi connectivity index (χ0v) is 13.7. The summed E-state index contributed by atoms with van der Waals surface area (Å²) in [5.41, 5.74) is 10.4. The van der Waals surface area contributed by atoms with Crippen molar-refractivity contribution in [2.75, 3.05) is 7.11 Å². The lowest BCUT2D eigenvalue weighted by Gasteiger charge is -2.44. The molecule has 7 nitrogen and oxygen atoms in total. The van der Waals surface area contributed by atoms with Gasteiger partial charge in [0.2, 0.25) is 5.91 Å². The second-order valence-electron chi connectivity index (χ2n) is 5.46. The lowest BCUT2D eigenvalue weighted by Crippen LogP contribution is -2.63. The molecule has 0 spiro atoms. The van der Waals surface area contributed by atoms with Crippen LogP contribution in [0.2, 0.25) is 0 Å². The topological polar surface area (TPSA) is 95.4 Å². The fourth-order valence-electron chi connectivity index (χ4n) is 2.53. The minimum absolute atomic E-state index is 0.176. The molecule has 1 saturated heterocycles. The summed E-state index contributed by atoms with van der Waals surface area (Å²) in [6.07, 6.45) is 3.58. The number of hydrogen-bond acceptors (Lipinski definition) is 4. The lowest BCUT2D eigenvalue weighted by molar-refractivity contribution is -0.150. The maximum absolute atomic E-state index is 12.3. The highest BCUT2D eigenvalue weighted by molar-refractivity contribution is 6.00. The summed E-state index contributed by atoms with van der Waals surface area (Å²) < 4.78 is 4.77. The number of likely N-dealkylation sites (tertiary alicyclic amines) is 1. The number of carbonyl (C=O) groups excluding carboxylic acids is 2. The number of benzene rings is 1. The van der Waals surface area contributed by atoms with Crippen molar-refractivity contribution in [1.29, 1.82) is 0 Å². The van der Waals surface area contributed by atoms with Gasteiger partial charge in [0.25, 0.3) is 0 Å². The van der Waals surface area contributed by atoms with Crippen LogP contribution in [0.3, 0.4) is 0 Å². The van der Waals surface area contributed by atoms with Gasteiger partial charge in [-0.3, -0.25) is 9.69 Å². The van der Waals surface area contributed by atoms with Crippen molar-refractivity contribution in [1.82, 2.24) is 4.90 Å². The molecule has 124 valence electrons. The van der Waals surface area contributed by atoms with Crippen LogP contribution in [0.15, 0.2) is 52.8 Å². The van der Waals surface area contributed by atoms with Gasteiger partial charge in [0.05, 0.1) is 13.2 Å². The van der Waals surface area contributed by atoms with Crippen LogP contribution in [-0.4, -0.2) is 36.0 Å². The van der Waals surface area contributed by atoms with Gasteiger partial charge in [0.15, 0.2) is 0 Å². The molecule has 0 radical (unpaired) electrons. The van der Waals surface area contributed by atoms with Gasteiger partial charge in [-0.2, -0.15) is 0 Å². The minimum Gasteiger partial charge on any atom is -0.464 e. The first kappa shape index (κ1) is 17.3. The normalized spacial score (nSPS) is 19.5. The quantitative estimate of drug-likeness (QED) is 0.208. The summed E-state index contributed by atoms with van der Waals surface area (Å²) in [4.78, 5) is 28.4. The average molecular weight is 326 g/mol. The number of methoxy groups -OCH3 is 1. The number of rotatable bonds is 5. The first-order valence-electron chi connectivity index (χ1n) is 7.37. The van der Waals surface area contributed by atoms with Crippen LogP contribution in [-0.2, 0) is 14.3 Å². The van der Waals surface area contributed by atoms with Crippen LogP contribution in [0.5, 0.6) is 0 Å². The summed E-state index contributed by atoms with van der Waals surface area (Å²) in [6.45, 7) is 3.44. The average Bonchev–Trinajstić information content (AvgIpc) is 2.59. The molecule has 1 aliphatic rings. The standard InChI is InChI=1S/C17H18N4O3/c1-11(2)15(17(23)24-3)21-13(14(16(21)22)19-20-18)10-9-12-7-5-4-6-8-12/h4-10,13-14H,1-3H3/b10-9+. The van der Waals surface area contributed by atoms with E-state index in [4.69, 9.17) is 10.3 Å². The number of nitrogens with zero attached hydrogens (tertiary/aromatic N) is 4. The summed E-state index contributed by atoms with van der Waals surface area (Å²) in [7, 11) is 1.26. The molecule has 7 heteroatoms. The molecule has 1 aromatic rings. The van der Waals surface area contributed by atoms with Crippen molar-refractivity contribution in [2.24, 2.45) is 5.11 Å². The van der Waals surface area contributed by atoms with Gasteiger partial charge in [-0.15, -0.1) is 0 Å². The van der Waals surface area contributed by atoms with Gasteiger partial charge in [-0.05, 0) is 30.5 Å². The van der Waals surface area contributed by atoms with Crippen LogP contribution in [0, 0.1) is 0 Å². The molecule has 1 aliphatic heterocycles.